The first-order chi connectivity index (χ1) is 10.3. The molecular weight excluding hydrogens is 266 g/mol. The first kappa shape index (κ1) is 13.4. The average molecular weight is 281 g/mol. The summed E-state index contributed by atoms with van der Waals surface area (Å²) in [6.07, 6.45) is 0. The Balaban J connectivity index is 1.80. The SMILES string of the molecule is O=C(O)c1c(CNCc2ccccc2)oc2ccccc12. The van der Waals surface area contributed by atoms with Crippen LogP contribution in [-0.4, -0.2) is 11.1 Å². The van der Waals surface area contributed by atoms with Gasteiger partial charge < -0.3 is 14.8 Å². The zero-order chi connectivity index (χ0) is 14.7. The summed E-state index contributed by atoms with van der Waals surface area (Å²) in [5.41, 5.74) is 1.99. The molecular formula is C17H15NO3. The van der Waals surface area contributed by atoms with E-state index in [1.54, 1.807) is 12.1 Å². The van der Waals surface area contributed by atoms with Crippen LogP contribution in [0.4, 0.5) is 0 Å². The molecule has 0 atom stereocenters. The molecule has 1 aromatic heterocycles. The van der Waals surface area contributed by atoms with Crippen molar-refractivity contribution in [2.24, 2.45) is 0 Å². The van der Waals surface area contributed by atoms with Crippen molar-refractivity contribution in [2.45, 2.75) is 13.1 Å². The van der Waals surface area contributed by atoms with Crippen LogP contribution >= 0.6 is 0 Å². The van der Waals surface area contributed by atoms with Crippen molar-refractivity contribution in [2.75, 3.05) is 0 Å². The van der Waals surface area contributed by atoms with Gasteiger partial charge in [-0.3, -0.25) is 0 Å². The van der Waals surface area contributed by atoms with Gasteiger partial charge in [-0.2, -0.15) is 0 Å². The molecule has 0 bridgehead atoms. The maximum absolute atomic E-state index is 11.4. The van der Waals surface area contributed by atoms with Crippen LogP contribution in [0.25, 0.3) is 11.0 Å². The van der Waals surface area contributed by atoms with E-state index >= 15 is 0 Å². The number of fused-ring (bicyclic) bond motifs is 1. The molecule has 1 heterocycles. The molecule has 0 aliphatic carbocycles. The zero-order valence-electron chi connectivity index (χ0n) is 11.4. The number of aromatic carboxylic acids is 1. The van der Waals surface area contributed by atoms with Crippen LogP contribution in [0.1, 0.15) is 21.7 Å². The molecule has 3 aromatic rings. The molecule has 0 spiro atoms. The van der Waals surface area contributed by atoms with Crippen molar-refractivity contribution >= 4 is 16.9 Å². The van der Waals surface area contributed by atoms with E-state index < -0.39 is 5.97 Å². The second-order valence-electron chi connectivity index (χ2n) is 4.79. The summed E-state index contributed by atoms with van der Waals surface area (Å²) in [7, 11) is 0. The summed E-state index contributed by atoms with van der Waals surface area (Å²) >= 11 is 0. The van der Waals surface area contributed by atoms with Gasteiger partial charge in [0.15, 0.2) is 0 Å². The molecule has 0 amide bonds. The molecule has 0 aliphatic rings. The Morgan fingerprint density at radius 3 is 2.48 bits per heavy atom. The summed E-state index contributed by atoms with van der Waals surface area (Å²) < 4.78 is 5.66. The molecule has 0 aliphatic heterocycles. The van der Waals surface area contributed by atoms with Crippen molar-refractivity contribution in [3.63, 3.8) is 0 Å². The third-order valence-electron chi connectivity index (χ3n) is 3.34. The van der Waals surface area contributed by atoms with Crippen LogP contribution in [0.2, 0.25) is 0 Å². The number of para-hydroxylation sites is 1. The largest absolute Gasteiger partial charge is 0.478 e. The van der Waals surface area contributed by atoms with Crippen LogP contribution < -0.4 is 5.32 Å². The Morgan fingerprint density at radius 2 is 1.71 bits per heavy atom. The minimum atomic E-state index is -0.962. The van der Waals surface area contributed by atoms with Crippen LogP contribution in [0.15, 0.2) is 59.0 Å². The van der Waals surface area contributed by atoms with Crippen molar-refractivity contribution in [1.82, 2.24) is 5.32 Å². The highest BCUT2D eigenvalue weighted by molar-refractivity contribution is 6.03. The lowest BCUT2D eigenvalue weighted by Crippen LogP contribution is -2.14. The lowest BCUT2D eigenvalue weighted by molar-refractivity contribution is 0.0696. The quantitative estimate of drug-likeness (QED) is 0.752. The predicted octanol–water partition coefficient (Wildman–Crippen LogP) is 3.42. The fourth-order valence-electron chi connectivity index (χ4n) is 2.37. The Hall–Kier alpha value is -2.59. The maximum atomic E-state index is 11.4. The van der Waals surface area contributed by atoms with Gasteiger partial charge in [0.25, 0.3) is 0 Å². The summed E-state index contributed by atoms with van der Waals surface area (Å²) in [6.45, 7) is 1.04. The van der Waals surface area contributed by atoms with Crippen molar-refractivity contribution < 1.29 is 14.3 Å². The van der Waals surface area contributed by atoms with E-state index in [0.29, 0.717) is 29.8 Å². The molecule has 0 saturated heterocycles. The molecule has 0 saturated carbocycles. The lowest BCUT2D eigenvalue weighted by Gasteiger charge is -2.03. The van der Waals surface area contributed by atoms with Gasteiger partial charge in [0, 0.05) is 11.9 Å². The number of benzene rings is 2. The van der Waals surface area contributed by atoms with Gasteiger partial charge in [-0.15, -0.1) is 0 Å². The van der Waals surface area contributed by atoms with Gasteiger partial charge in [-0.25, -0.2) is 4.79 Å². The number of rotatable bonds is 5. The average Bonchev–Trinajstić information content (AvgIpc) is 2.86. The van der Waals surface area contributed by atoms with Gasteiger partial charge in [0.05, 0.1) is 6.54 Å². The topological polar surface area (TPSA) is 62.5 Å². The molecule has 21 heavy (non-hydrogen) atoms. The van der Waals surface area contributed by atoms with Crippen molar-refractivity contribution in [3.8, 4) is 0 Å². The number of nitrogens with one attached hydrogen (secondary N) is 1. The number of furan rings is 1. The minimum Gasteiger partial charge on any atom is -0.478 e. The minimum absolute atomic E-state index is 0.242. The zero-order valence-corrected chi connectivity index (χ0v) is 11.4. The van der Waals surface area contributed by atoms with Gasteiger partial charge in [0.1, 0.15) is 16.9 Å². The standard InChI is InChI=1S/C17H15NO3/c19-17(20)16-13-8-4-5-9-14(13)21-15(16)11-18-10-12-6-2-1-3-7-12/h1-9,18H,10-11H2,(H,19,20). The third-order valence-corrected chi connectivity index (χ3v) is 3.34. The fraction of sp³-hybridized carbons (Fsp3) is 0.118. The van der Waals surface area contributed by atoms with Crippen LogP contribution in [0.3, 0.4) is 0 Å². The normalized spacial score (nSPS) is 10.9. The van der Waals surface area contributed by atoms with Crippen molar-refractivity contribution in [3.05, 3.63) is 71.5 Å². The monoisotopic (exact) mass is 281 g/mol. The Morgan fingerprint density at radius 1 is 1.00 bits per heavy atom. The molecule has 4 nitrogen and oxygen atoms in total. The second kappa shape index (κ2) is 5.81. The molecule has 3 rings (SSSR count). The summed E-state index contributed by atoms with van der Waals surface area (Å²) in [6, 6.07) is 17.1. The fourth-order valence-corrected chi connectivity index (χ4v) is 2.37. The van der Waals surface area contributed by atoms with Gasteiger partial charge >= 0.3 is 5.97 Å². The first-order valence-electron chi connectivity index (χ1n) is 6.74. The van der Waals surface area contributed by atoms with Crippen LogP contribution in [0.5, 0.6) is 0 Å². The van der Waals surface area contributed by atoms with E-state index in [1.807, 2.05) is 42.5 Å². The van der Waals surface area contributed by atoms with Crippen molar-refractivity contribution in [1.29, 1.82) is 0 Å². The first-order valence-corrected chi connectivity index (χ1v) is 6.74. The highest BCUT2D eigenvalue weighted by atomic mass is 16.4. The predicted molar refractivity (Wildman–Crippen MR) is 80.2 cm³/mol. The highest BCUT2D eigenvalue weighted by Gasteiger charge is 2.19. The number of carboxylic acid groups (broad SMARTS) is 1. The van der Waals surface area contributed by atoms with E-state index in [4.69, 9.17) is 4.42 Å². The highest BCUT2D eigenvalue weighted by Crippen LogP contribution is 2.25. The van der Waals surface area contributed by atoms with E-state index in [1.165, 1.54) is 0 Å². The molecule has 0 unspecified atom stereocenters. The molecule has 2 aromatic carbocycles. The smallest absolute Gasteiger partial charge is 0.339 e. The number of carbonyl (C=O) groups is 1. The molecule has 0 fully saturated rings. The lowest BCUT2D eigenvalue weighted by atomic mass is 10.1. The Labute approximate surface area is 122 Å². The molecule has 2 N–H and O–H groups in total. The van der Waals surface area contributed by atoms with Gasteiger partial charge in [-0.1, -0.05) is 48.5 Å². The molecule has 106 valence electrons. The van der Waals surface area contributed by atoms with E-state index in [0.717, 1.165) is 5.56 Å². The summed E-state index contributed by atoms with van der Waals surface area (Å²) in [4.78, 5) is 11.4. The van der Waals surface area contributed by atoms with Crippen LogP contribution in [-0.2, 0) is 13.1 Å². The Bertz CT molecular complexity index is 762. The maximum Gasteiger partial charge on any atom is 0.339 e. The number of hydrogen-bond acceptors (Lipinski definition) is 3. The third kappa shape index (κ3) is 2.80. The van der Waals surface area contributed by atoms with E-state index in [-0.39, 0.29) is 5.56 Å². The number of hydrogen-bond donors (Lipinski definition) is 2. The second-order valence-corrected chi connectivity index (χ2v) is 4.79. The van der Waals surface area contributed by atoms with E-state index in [9.17, 15) is 9.90 Å². The Kier molecular flexibility index (Phi) is 3.71. The summed E-state index contributed by atoms with van der Waals surface area (Å²) in [5, 5.41) is 13.2. The summed E-state index contributed by atoms with van der Waals surface area (Å²) in [5.74, 6) is -0.504. The number of carboxylic acids is 1. The van der Waals surface area contributed by atoms with Gasteiger partial charge in [0.2, 0.25) is 0 Å². The molecule has 4 heteroatoms. The van der Waals surface area contributed by atoms with Gasteiger partial charge in [-0.05, 0) is 11.6 Å². The van der Waals surface area contributed by atoms with Crippen LogP contribution in [0, 0.1) is 0 Å². The molecule has 0 radical (unpaired) electrons. The van der Waals surface area contributed by atoms with E-state index in [2.05, 4.69) is 5.32 Å².